The van der Waals surface area contributed by atoms with Gasteiger partial charge in [-0.2, -0.15) is 0 Å². The zero-order valence-electron chi connectivity index (χ0n) is 13.6. The predicted octanol–water partition coefficient (Wildman–Crippen LogP) is 3.92. The van der Waals surface area contributed by atoms with Crippen LogP contribution in [0.15, 0.2) is 24.3 Å². The largest absolute Gasteiger partial charge is 0.377 e. The van der Waals surface area contributed by atoms with Crippen molar-refractivity contribution < 1.29 is 4.74 Å². The highest BCUT2D eigenvalue weighted by Crippen LogP contribution is 2.43. The molecule has 1 aromatic carbocycles. The molecule has 1 aliphatic carbocycles. The molecule has 1 saturated carbocycles. The van der Waals surface area contributed by atoms with Crippen molar-refractivity contribution in [2.24, 2.45) is 11.3 Å². The minimum absolute atomic E-state index is 0.235. The van der Waals surface area contributed by atoms with Crippen LogP contribution in [-0.2, 0) is 11.3 Å². The Hall–Kier alpha value is -0.860. The Bertz CT molecular complexity index is 439. The molecule has 2 heteroatoms. The number of nitrogens with one attached hydrogen (secondary N) is 1. The van der Waals surface area contributed by atoms with Gasteiger partial charge in [0.25, 0.3) is 0 Å². The van der Waals surface area contributed by atoms with Crippen LogP contribution in [0.4, 0.5) is 0 Å². The van der Waals surface area contributed by atoms with Crippen LogP contribution in [-0.4, -0.2) is 18.8 Å². The maximum Gasteiger partial charge on any atom is 0.0656 e. The molecule has 0 bridgehead atoms. The SMILES string of the molecule is Cc1cccc(CNC2CC(OCC(C)C)C2(C)C)c1. The van der Waals surface area contributed by atoms with Gasteiger partial charge in [0, 0.05) is 24.6 Å². The van der Waals surface area contributed by atoms with E-state index in [0.717, 1.165) is 19.6 Å². The van der Waals surface area contributed by atoms with Gasteiger partial charge in [-0.25, -0.2) is 0 Å². The molecule has 2 nitrogen and oxygen atoms in total. The molecule has 2 unspecified atom stereocenters. The van der Waals surface area contributed by atoms with Crippen LogP contribution in [0.5, 0.6) is 0 Å². The summed E-state index contributed by atoms with van der Waals surface area (Å²) in [5, 5.41) is 3.69. The Kier molecular flexibility index (Phi) is 4.87. The second-order valence-corrected chi connectivity index (χ2v) is 7.20. The van der Waals surface area contributed by atoms with Crippen LogP contribution < -0.4 is 5.32 Å². The minimum atomic E-state index is 0.235. The fourth-order valence-electron chi connectivity index (χ4n) is 2.89. The molecule has 2 atom stereocenters. The first-order valence-electron chi connectivity index (χ1n) is 7.80. The highest BCUT2D eigenvalue weighted by Gasteiger charge is 2.48. The highest BCUT2D eigenvalue weighted by molar-refractivity contribution is 5.22. The number of aryl methyl sites for hydroxylation is 1. The number of ether oxygens (including phenoxy) is 1. The van der Waals surface area contributed by atoms with E-state index in [9.17, 15) is 0 Å². The normalized spacial score (nSPS) is 24.7. The van der Waals surface area contributed by atoms with Gasteiger partial charge in [-0.3, -0.25) is 0 Å². The lowest BCUT2D eigenvalue weighted by atomic mass is 9.64. The summed E-state index contributed by atoms with van der Waals surface area (Å²) in [6, 6.07) is 9.28. The fraction of sp³-hybridized carbons (Fsp3) is 0.667. The summed E-state index contributed by atoms with van der Waals surface area (Å²) in [5.74, 6) is 0.616. The molecule has 1 fully saturated rings. The molecule has 0 aromatic heterocycles. The lowest BCUT2D eigenvalue weighted by molar-refractivity contribution is -0.124. The van der Waals surface area contributed by atoms with E-state index in [-0.39, 0.29) is 5.41 Å². The van der Waals surface area contributed by atoms with Crippen molar-refractivity contribution in [3.8, 4) is 0 Å². The summed E-state index contributed by atoms with van der Waals surface area (Å²) in [7, 11) is 0. The number of benzene rings is 1. The Morgan fingerprint density at radius 2 is 2.10 bits per heavy atom. The van der Waals surface area contributed by atoms with E-state index >= 15 is 0 Å². The lowest BCUT2D eigenvalue weighted by Crippen LogP contribution is -2.60. The van der Waals surface area contributed by atoms with Crippen LogP contribution in [0.25, 0.3) is 0 Å². The molecule has 0 amide bonds. The Morgan fingerprint density at radius 3 is 2.70 bits per heavy atom. The average molecular weight is 275 g/mol. The number of hydrogen-bond acceptors (Lipinski definition) is 2. The molecule has 1 N–H and O–H groups in total. The summed E-state index contributed by atoms with van der Waals surface area (Å²) in [6.07, 6.45) is 1.53. The summed E-state index contributed by atoms with van der Waals surface area (Å²) in [4.78, 5) is 0. The zero-order chi connectivity index (χ0) is 14.8. The maximum absolute atomic E-state index is 6.02. The van der Waals surface area contributed by atoms with Crippen molar-refractivity contribution >= 4 is 0 Å². The molecule has 112 valence electrons. The van der Waals surface area contributed by atoms with Crippen LogP contribution in [0, 0.1) is 18.3 Å². The molecule has 20 heavy (non-hydrogen) atoms. The van der Waals surface area contributed by atoms with Crippen LogP contribution >= 0.6 is 0 Å². The molecule has 0 spiro atoms. The van der Waals surface area contributed by atoms with Gasteiger partial charge in [0.05, 0.1) is 6.10 Å². The van der Waals surface area contributed by atoms with Gasteiger partial charge in [-0.05, 0) is 24.8 Å². The molecule has 1 aromatic rings. The average Bonchev–Trinajstić information content (AvgIpc) is 2.36. The van der Waals surface area contributed by atoms with Gasteiger partial charge in [0.1, 0.15) is 0 Å². The van der Waals surface area contributed by atoms with E-state index in [2.05, 4.69) is 64.2 Å². The van der Waals surface area contributed by atoms with Gasteiger partial charge in [0.2, 0.25) is 0 Å². The topological polar surface area (TPSA) is 21.3 Å². The molecule has 0 heterocycles. The smallest absolute Gasteiger partial charge is 0.0656 e. The minimum Gasteiger partial charge on any atom is -0.377 e. The Morgan fingerprint density at radius 1 is 1.35 bits per heavy atom. The van der Waals surface area contributed by atoms with Gasteiger partial charge in [-0.1, -0.05) is 57.5 Å². The van der Waals surface area contributed by atoms with Crippen molar-refractivity contribution in [3.63, 3.8) is 0 Å². The van der Waals surface area contributed by atoms with Gasteiger partial charge >= 0.3 is 0 Å². The first-order chi connectivity index (χ1) is 9.39. The van der Waals surface area contributed by atoms with Gasteiger partial charge in [0.15, 0.2) is 0 Å². The van der Waals surface area contributed by atoms with Crippen molar-refractivity contribution in [2.75, 3.05) is 6.61 Å². The zero-order valence-corrected chi connectivity index (χ0v) is 13.6. The lowest BCUT2D eigenvalue weighted by Gasteiger charge is -2.52. The quantitative estimate of drug-likeness (QED) is 0.849. The highest BCUT2D eigenvalue weighted by atomic mass is 16.5. The van der Waals surface area contributed by atoms with Crippen molar-refractivity contribution in [2.45, 2.75) is 59.7 Å². The van der Waals surface area contributed by atoms with E-state index in [1.165, 1.54) is 11.1 Å². The van der Waals surface area contributed by atoms with Crippen molar-refractivity contribution in [3.05, 3.63) is 35.4 Å². The van der Waals surface area contributed by atoms with Crippen molar-refractivity contribution in [1.82, 2.24) is 5.32 Å². The Balaban J connectivity index is 1.81. The second kappa shape index (κ2) is 6.28. The van der Waals surface area contributed by atoms with E-state index in [1.54, 1.807) is 0 Å². The predicted molar refractivity (Wildman–Crippen MR) is 84.8 cm³/mol. The first kappa shape index (κ1) is 15.5. The molecule has 0 radical (unpaired) electrons. The van der Waals surface area contributed by atoms with Gasteiger partial charge in [-0.15, -0.1) is 0 Å². The monoisotopic (exact) mass is 275 g/mol. The van der Waals surface area contributed by atoms with Gasteiger partial charge < -0.3 is 10.1 Å². The first-order valence-corrected chi connectivity index (χ1v) is 7.80. The standard InChI is InChI=1S/C18H29NO/c1-13(2)12-20-17-10-16(18(17,4)5)19-11-15-8-6-7-14(3)9-15/h6-9,13,16-17,19H,10-12H2,1-5H3. The van der Waals surface area contributed by atoms with Crippen LogP contribution in [0.1, 0.15) is 45.2 Å². The third-order valence-electron chi connectivity index (χ3n) is 4.44. The molecular weight excluding hydrogens is 246 g/mol. The third kappa shape index (κ3) is 3.62. The van der Waals surface area contributed by atoms with E-state index in [0.29, 0.717) is 18.1 Å². The van der Waals surface area contributed by atoms with Crippen molar-refractivity contribution in [1.29, 1.82) is 0 Å². The van der Waals surface area contributed by atoms with E-state index in [1.807, 2.05) is 0 Å². The molecule has 2 rings (SSSR count). The number of hydrogen-bond donors (Lipinski definition) is 1. The van der Waals surface area contributed by atoms with Crippen LogP contribution in [0.2, 0.25) is 0 Å². The van der Waals surface area contributed by atoms with E-state index in [4.69, 9.17) is 4.74 Å². The molecule has 0 aliphatic heterocycles. The maximum atomic E-state index is 6.02. The summed E-state index contributed by atoms with van der Waals surface area (Å²) >= 11 is 0. The molecule has 0 saturated heterocycles. The van der Waals surface area contributed by atoms with E-state index < -0.39 is 0 Å². The summed E-state index contributed by atoms with van der Waals surface area (Å²) < 4.78 is 6.02. The molecule has 1 aliphatic rings. The number of rotatable bonds is 6. The Labute approximate surface area is 123 Å². The second-order valence-electron chi connectivity index (χ2n) is 7.20. The summed E-state index contributed by atoms with van der Waals surface area (Å²) in [5.41, 5.74) is 2.93. The van der Waals surface area contributed by atoms with Crippen LogP contribution in [0.3, 0.4) is 0 Å². The third-order valence-corrected chi connectivity index (χ3v) is 4.44. The molecular formula is C18H29NO. The fourth-order valence-corrected chi connectivity index (χ4v) is 2.89. The summed E-state index contributed by atoms with van der Waals surface area (Å²) in [6.45, 7) is 13.0.